The van der Waals surface area contributed by atoms with Gasteiger partial charge in [-0.25, -0.2) is 4.99 Å². The average molecular weight is 467 g/mol. The number of hydrogen-bond donors (Lipinski definition) is 0. The van der Waals surface area contributed by atoms with Crippen molar-refractivity contribution in [1.29, 1.82) is 0 Å². The second-order valence-electron chi connectivity index (χ2n) is 7.16. The van der Waals surface area contributed by atoms with Gasteiger partial charge in [0.15, 0.2) is 11.5 Å². The van der Waals surface area contributed by atoms with Crippen LogP contribution < -0.4 is 14.4 Å². The van der Waals surface area contributed by atoms with Crippen molar-refractivity contribution in [2.24, 2.45) is 4.99 Å². The number of anilines is 1. The number of methoxy groups -OCH3 is 2. The summed E-state index contributed by atoms with van der Waals surface area (Å²) in [6, 6.07) is 18.0. The van der Waals surface area contributed by atoms with Crippen molar-refractivity contribution in [2.45, 2.75) is 6.92 Å². The van der Waals surface area contributed by atoms with Gasteiger partial charge < -0.3 is 9.47 Å². The molecule has 0 spiro atoms. The van der Waals surface area contributed by atoms with E-state index in [2.05, 4.69) is 4.99 Å². The lowest BCUT2D eigenvalue weighted by atomic mass is 10.1. The average Bonchev–Trinajstić information content (AvgIpc) is 3.10. The number of halogens is 2. The first-order valence-electron chi connectivity index (χ1n) is 9.80. The third-order valence-corrected chi connectivity index (χ3v) is 5.56. The summed E-state index contributed by atoms with van der Waals surface area (Å²) >= 11 is 12.2. The van der Waals surface area contributed by atoms with Crippen molar-refractivity contribution in [3.05, 3.63) is 93.1 Å². The molecular weight excluding hydrogens is 447 g/mol. The first kappa shape index (κ1) is 21.9. The molecule has 3 aromatic rings. The molecule has 0 saturated carbocycles. The molecule has 7 heteroatoms. The van der Waals surface area contributed by atoms with Gasteiger partial charge in [0.1, 0.15) is 11.5 Å². The van der Waals surface area contributed by atoms with E-state index in [1.165, 1.54) is 0 Å². The Kier molecular flexibility index (Phi) is 6.21. The van der Waals surface area contributed by atoms with Crippen molar-refractivity contribution in [1.82, 2.24) is 0 Å². The van der Waals surface area contributed by atoms with Crippen LogP contribution in [0.2, 0.25) is 10.0 Å². The van der Waals surface area contributed by atoms with Gasteiger partial charge in [-0.3, -0.25) is 9.69 Å². The number of nitrogens with zero attached hydrogens (tertiary/aromatic N) is 2. The SMILES string of the molecule is COc1ccc(C=C2N=C(c3ccc(Cl)cc3)N(c3ccc(Cl)cc3C)C2=O)cc1OC. The minimum absolute atomic E-state index is 0.241. The highest BCUT2D eigenvalue weighted by Crippen LogP contribution is 2.33. The zero-order chi connectivity index (χ0) is 22.8. The summed E-state index contributed by atoms with van der Waals surface area (Å²) in [5.41, 5.74) is 3.41. The second-order valence-corrected chi connectivity index (χ2v) is 8.03. The summed E-state index contributed by atoms with van der Waals surface area (Å²) in [6.45, 7) is 1.91. The lowest BCUT2D eigenvalue weighted by molar-refractivity contribution is -0.113. The van der Waals surface area contributed by atoms with Crippen molar-refractivity contribution in [3.8, 4) is 11.5 Å². The number of ether oxygens (including phenoxy) is 2. The maximum absolute atomic E-state index is 13.5. The summed E-state index contributed by atoms with van der Waals surface area (Å²) in [5.74, 6) is 1.45. The second kappa shape index (κ2) is 9.07. The standard InChI is InChI=1S/C25H20Cl2N2O3/c1-15-12-19(27)9-10-21(15)29-24(17-5-7-18(26)8-6-17)28-20(25(29)30)13-16-4-11-22(31-2)23(14-16)32-3/h4-14H,1-3H3. The minimum atomic E-state index is -0.241. The van der Waals surface area contributed by atoms with Gasteiger partial charge >= 0.3 is 0 Å². The molecule has 0 aliphatic carbocycles. The van der Waals surface area contributed by atoms with E-state index in [1.54, 1.807) is 55.5 Å². The van der Waals surface area contributed by atoms with E-state index >= 15 is 0 Å². The predicted molar refractivity (Wildman–Crippen MR) is 129 cm³/mol. The van der Waals surface area contributed by atoms with Crippen molar-refractivity contribution >= 4 is 46.7 Å². The molecular formula is C25H20Cl2N2O3. The molecule has 0 aromatic heterocycles. The number of rotatable bonds is 5. The molecule has 0 bridgehead atoms. The number of aliphatic imine (C=N–C) groups is 1. The Morgan fingerprint density at radius 3 is 2.22 bits per heavy atom. The maximum atomic E-state index is 13.5. The van der Waals surface area contributed by atoms with Gasteiger partial charge in [-0.2, -0.15) is 0 Å². The van der Waals surface area contributed by atoms with Crippen LogP contribution in [0.1, 0.15) is 16.7 Å². The largest absolute Gasteiger partial charge is 0.493 e. The van der Waals surface area contributed by atoms with Crippen LogP contribution in [0.3, 0.4) is 0 Å². The maximum Gasteiger partial charge on any atom is 0.282 e. The minimum Gasteiger partial charge on any atom is -0.493 e. The molecule has 0 radical (unpaired) electrons. The summed E-state index contributed by atoms with van der Waals surface area (Å²) in [4.78, 5) is 19.8. The molecule has 1 heterocycles. The number of carbonyl (C=O) groups excluding carboxylic acids is 1. The zero-order valence-electron chi connectivity index (χ0n) is 17.7. The number of amidine groups is 1. The summed E-state index contributed by atoms with van der Waals surface area (Å²) in [7, 11) is 3.14. The highest BCUT2D eigenvalue weighted by Gasteiger charge is 2.33. The Morgan fingerprint density at radius 1 is 0.875 bits per heavy atom. The number of amides is 1. The molecule has 1 aliphatic heterocycles. The summed E-state index contributed by atoms with van der Waals surface area (Å²) in [6.07, 6.45) is 1.73. The molecule has 4 rings (SSSR count). The molecule has 162 valence electrons. The monoisotopic (exact) mass is 466 g/mol. The fraction of sp³-hybridized carbons (Fsp3) is 0.120. The quantitative estimate of drug-likeness (QED) is 0.423. The van der Waals surface area contributed by atoms with Crippen molar-refractivity contribution in [2.75, 3.05) is 19.1 Å². The molecule has 1 aliphatic rings. The van der Waals surface area contributed by atoms with Gasteiger partial charge in [0, 0.05) is 15.6 Å². The van der Waals surface area contributed by atoms with Crippen LogP contribution in [0.25, 0.3) is 6.08 Å². The molecule has 0 N–H and O–H groups in total. The molecule has 0 atom stereocenters. The Bertz CT molecular complexity index is 1250. The van der Waals surface area contributed by atoms with E-state index in [4.69, 9.17) is 32.7 Å². The zero-order valence-corrected chi connectivity index (χ0v) is 19.2. The van der Waals surface area contributed by atoms with E-state index in [1.807, 2.05) is 37.3 Å². The molecule has 1 amide bonds. The lowest BCUT2D eigenvalue weighted by Crippen LogP contribution is -2.33. The third kappa shape index (κ3) is 4.22. The van der Waals surface area contributed by atoms with E-state index < -0.39 is 0 Å². The third-order valence-electron chi connectivity index (χ3n) is 5.07. The highest BCUT2D eigenvalue weighted by atomic mass is 35.5. The van der Waals surface area contributed by atoms with E-state index in [9.17, 15) is 4.79 Å². The highest BCUT2D eigenvalue weighted by molar-refractivity contribution is 6.34. The molecule has 0 saturated heterocycles. The first-order valence-corrected chi connectivity index (χ1v) is 10.6. The van der Waals surface area contributed by atoms with Gasteiger partial charge in [-0.15, -0.1) is 0 Å². The van der Waals surface area contributed by atoms with Crippen molar-refractivity contribution in [3.63, 3.8) is 0 Å². The fourth-order valence-electron chi connectivity index (χ4n) is 3.50. The van der Waals surface area contributed by atoms with Gasteiger partial charge in [-0.05, 0) is 78.7 Å². The normalized spacial score (nSPS) is 14.7. The van der Waals surface area contributed by atoms with E-state index in [0.717, 1.165) is 16.7 Å². The topological polar surface area (TPSA) is 51.1 Å². The molecule has 0 fully saturated rings. The van der Waals surface area contributed by atoms with Crippen molar-refractivity contribution < 1.29 is 14.3 Å². The van der Waals surface area contributed by atoms with Crippen LogP contribution in [0.5, 0.6) is 11.5 Å². The van der Waals surface area contributed by atoms with Crippen LogP contribution in [-0.2, 0) is 4.79 Å². The number of hydrogen-bond acceptors (Lipinski definition) is 4. The smallest absolute Gasteiger partial charge is 0.282 e. The van der Waals surface area contributed by atoms with Crippen LogP contribution in [0.4, 0.5) is 5.69 Å². The Labute approximate surface area is 196 Å². The van der Waals surface area contributed by atoms with Gasteiger partial charge in [-0.1, -0.05) is 29.3 Å². The van der Waals surface area contributed by atoms with E-state index in [-0.39, 0.29) is 5.91 Å². The first-order chi connectivity index (χ1) is 15.4. The molecule has 3 aromatic carbocycles. The van der Waals surface area contributed by atoms with Crippen LogP contribution >= 0.6 is 23.2 Å². The lowest BCUT2D eigenvalue weighted by Gasteiger charge is -2.21. The Balaban J connectivity index is 1.83. The van der Waals surface area contributed by atoms with Crippen LogP contribution in [0.15, 0.2) is 71.4 Å². The number of carbonyl (C=O) groups is 1. The fourth-order valence-corrected chi connectivity index (χ4v) is 3.86. The Hall–Kier alpha value is -3.28. The number of benzene rings is 3. The summed E-state index contributed by atoms with van der Waals surface area (Å²) < 4.78 is 10.7. The van der Waals surface area contributed by atoms with Gasteiger partial charge in [0.2, 0.25) is 0 Å². The van der Waals surface area contributed by atoms with Crippen LogP contribution in [0, 0.1) is 6.92 Å². The summed E-state index contributed by atoms with van der Waals surface area (Å²) in [5, 5.41) is 1.21. The van der Waals surface area contributed by atoms with Gasteiger partial charge in [0.25, 0.3) is 5.91 Å². The molecule has 5 nitrogen and oxygen atoms in total. The predicted octanol–water partition coefficient (Wildman–Crippen LogP) is 6.15. The molecule has 0 unspecified atom stereocenters. The Morgan fingerprint density at radius 2 is 1.56 bits per heavy atom. The van der Waals surface area contributed by atoms with Crippen LogP contribution in [-0.4, -0.2) is 26.0 Å². The number of aryl methyl sites for hydroxylation is 1. The molecule has 32 heavy (non-hydrogen) atoms. The van der Waals surface area contributed by atoms with Gasteiger partial charge in [0.05, 0.1) is 19.9 Å². The van der Waals surface area contributed by atoms with E-state index in [0.29, 0.717) is 38.8 Å².